The number of nitrogens with zero attached hydrogens (tertiary/aromatic N) is 4. The number of fused-ring (bicyclic) bond motifs is 6. The van der Waals surface area contributed by atoms with E-state index < -0.39 is 0 Å². The molecule has 0 saturated heterocycles. The molecule has 0 amide bonds. The van der Waals surface area contributed by atoms with Gasteiger partial charge in [0, 0.05) is 32.8 Å². The summed E-state index contributed by atoms with van der Waals surface area (Å²) in [7, 11) is 0. The molecule has 0 bridgehead atoms. The molecule has 9 rings (SSSR count). The van der Waals surface area contributed by atoms with Crippen molar-refractivity contribution in [1.29, 1.82) is 10.5 Å². The molecule has 4 nitrogen and oxygen atoms in total. The maximum absolute atomic E-state index is 9.95. The van der Waals surface area contributed by atoms with Gasteiger partial charge in [-0.15, -0.1) is 0 Å². The van der Waals surface area contributed by atoms with E-state index in [1.807, 2.05) is 42.5 Å². The van der Waals surface area contributed by atoms with Gasteiger partial charge >= 0.3 is 0 Å². The van der Waals surface area contributed by atoms with E-state index in [2.05, 4.69) is 137 Å². The average Bonchev–Trinajstić information content (AvgIpc) is 3.68. The number of hydrogen-bond donors (Lipinski definition) is 0. The van der Waals surface area contributed by atoms with Crippen LogP contribution >= 0.6 is 0 Å². The van der Waals surface area contributed by atoms with E-state index in [0.29, 0.717) is 11.1 Å². The third kappa shape index (κ3) is 4.14. The molecule has 222 valence electrons. The lowest BCUT2D eigenvalue weighted by atomic mass is 9.97. The Morgan fingerprint density at radius 2 is 0.958 bits per heavy atom. The van der Waals surface area contributed by atoms with Gasteiger partial charge in [-0.25, -0.2) is 0 Å². The Morgan fingerprint density at radius 3 is 1.58 bits per heavy atom. The van der Waals surface area contributed by atoms with Crippen LogP contribution in [0.25, 0.3) is 77.2 Å². The molecule has 0 fully saturated rings. The van der Waals surface area contributed by atoms with E-state index in [9.17, 15) is 10.5 Å². The fourth-order valence-corrected chi connectivity index (χ4v) is 7.25. The molecule has 0 spiro atoms. The monoisotopic (exact) mass is 610 g/mol. The first kappa shape index (κ1) is 27.4. The molecule has 0 atom stereocenters. The minimum Gasteiger partial charge on any atom is -0.309 e. The molecule has 0 N–H and O–H groups in total. The highest BCUT2D eigenvalue weighted by Gasteiger charge is 2.18. The second kappa shape index (κ2) is 10.9. The van der Waals surface area contributed by atoms with Crippen LogP contribution in [0.3, 0.4) is 0 Å². The number of para-hydroxylation sites is 3. The van der Waals surface area contributed by atoms with Crippen molar-refractivity contribution in [1.82, 2.24) is 9.13 Å². The van der Waals surface area contributed by atoms with Crippen LogP contribution < -0.4 is 0 Å². The Hall–Kier alpha value is -6.88. The third-order valence-electron chi connectivity index (χ3n) is 9.42. The van der Waals surface area contributed by atoms with Crippen molar-refractivity contribution in [3.05, 3.63) is 169 Å². The third-order valence-corrected chi connectivity index (χ3v) is 9.42. The predicted molar refractivity (Wildman–Crippen MR) is 195 cm³/mol. The van der Waals surface area contributed by atoms with Crippen molar-refractivity contribution in [2.24, 2.45) is 0 Å². The average molecular weight is 611 g/mol. The zero-order chi connectivity index (χ0) is 32.2. The van der Waals surface area contributed by atoms with Crippen LogP contribution in [-0.4, -0.2) is 9.13 Å². The molecule has 2 heterocycles. The van der Waals surface area contributed by atoms with Gasteiger partial charge in [0.25, 0.3) is 0 Å². The molecule has 9 aromatic rings. The summed E-state index contributed by atoms with van der Waals surface area (Å²) in [6.07, 6.45) is 0. The topological polar surface area (TPSA) is 57.4 Å². The SMILES string of the molecule is N#Cc1ccc(-n2c3ccccc3c3c(C#N)cccc32)c(-c2ccc(-c3ccc(-n4c5ccccc5c5ccccc54)cc3)cc2)c1. The second-order valence-corrected chi connectivity index (χ2v) is 12.0. The molecular weight excluding hydrogens is 585 g/mol. The highest BCUT2D eigenvalue weighted by Crippen LogP contribution is 2.39. The molecular formula is C44H26N4. The van der Waals surface area contributed by atoms with E-state index in [0.717, 1.165) is 55.4 Å². The summed E-state index contributed by atoms with van der Waals surface area (Å²) in [6, 6.07) is 59.0. The van der Waals surface area contributed by atoms with Crippen molar-refractivity contribution in [3.63, 3.8) is 0 Å². The normalized spacial score (nSPS) is 11.3. The van der Waals surface area contributed by atoms with E-state index in [4.69, 9.17) is 0 Å². The Balaban J connectivity index is 1.14. The number of rotatable bonds is 4. The number of benzene rings is 7. The highest BCUT2D eigenvalue weighted by atomic mass is 15.0. The summed E-state index contributed by atoms with van der Waals surface area (Å²) >= 11 is 0. The molecule has 7 aromatic carbocycles. The molecule has 48 heavy (non-hydrogen) atoms. The molecule has 0 radical (unpaired) electrons. The van der Waals surface area contributed by atoms with Crippen molar-refractivity contribution >= 4 is 43.6 Å². The Morgan fingerprint density at radius 1 is 0.417 bits per heavy atom. The second-order valence-electron chi connectivity index (χ2n) is 12.0. The van der Waals surface area contributed by atoms with Crippen molar-refractivity contribution in [3.8, 4) is 45.8 Å². The van der Waals surface area contributed by atoms with Gasteiger partial charge in [0.1, 0.15) is 0 Å². The summed E-state index contributed by atoms with van der Waals surface area (Å²) < 4.78 is 4.54. The van der Waals surface area contributed by atoms with Gasteiger partial charge in [0.05, 0.1) is 51.0 Å². The standard InChI is InChI=1S/C44H26N4/c45-27-29-16-25-42(48-41-14-6-3-11-37(41)44-33(28-46)8-7-15-43(44)48)38(26-29)32-19-17-30(18-20-32)31-21-23-34(24-22-31)47-39-12-4-1-9-35(39)36-10-2-5-13-40(36)47/h1-26H. The number of aromatic nitrogens is 2. The van der Waals surface area contributed by atoms with Crippen molar-refractivity contribution in [2.75, 3.05) is 0 Å². The fourth-order valence-electron chi connectivity index (χ4n) is 7.25. The van der Waals surface area contributed by atoms with E-state index in [1.54, 1.807) is 0 Å². The van der Waals surface area contributed by atoms with Gasteiger partial charge in [-0.2, -0.15) is 10.5 Å². The van der Waals surface area contributed by atoms with Crippen molar-refractivity contribution in [2.45, 2.75) is 0 Å². The Labute approximate surface area is 277 Å². The maximum atomic E-state index is 9.95. The van der Waals surface area contributed by atoms with E-state index >= 15 is 0 Å². The maximum Gasteiger partial charge on any atom is 0.0998 e. The number of hydrogen-bond acceptors (Lipinski definition) is 2. The lowest BCUT2D eigenvalue weighted by Gasteiger charge is -2.15. The molecule has 0 aliphatic heterocycles. The van der Waals surface area contributed by atoms with Gasteiger partial charge in [0.15, 0.2) is 0 Å². The van der Waals surface area contributed by atoms with Gasteiger partial charge < -0.3 is 9.13 Å². The van der Waals surface area contributed by atoms with Gasteiger partial charge in [-0.1, -0.05) is 97.1 Å². The quantitative estimate of drug-likeness (QED) is 0.199. The molecule has 2 aromatic heterocycles. The van der Waals surface area contributed by atoms with Gasteiger partial charge in [-0.3, -0.25) is 0 Å². The van der Waals surface area contributed by atoms with E-state index in [-0.39, 0.29) is 0 Å². The zero-order valence-corrected chi connectivity index (χ0v) is 25.8. The molecule has 0 saturated carbocycles. The smallest absolute Gasteiger partial charge is 0.0998 e. The largest absolute Gasteiger partial charge is 0.309 e. The predicted octanol–water partition coefficient (Wildman–Crippen LogP) is 11.0. The Kier molecular flexibility index (Phi) is 6.22. The molecule has 0 unspecified atom stereocenters. The van der Waals surface area contributed by atoms with Crippen LogP contribution in [0.4, 0.5) is 0 Å². The van der Waals surface area contributed by atoms with Crippen LogP contribution in [0.15, 0.2) is 158 Å². The zero-order valence-electron chi connectivity index (χ0n) is 25.8. The Bertz CT molecular complexity index is 2730. The summed E-state index contributed by atoms with van der Waals surface area (Å²) in [5, 5.41) is 24.3. The van der Waals surface area contributed by atoms with Crippen LogP contribution in [0.1, 0.15) is 11.1 Å². The van der Waals surface area contributed by atoms with Gasteiger partial charge in [0.2, 0.25) is 0 Å². The molecule has 4 heteroatoms. The summed E-state index contributed by atoms with van der Waals surface area (Å²) in [5.74, 6) is 0. The lowest BCUT2D eigenvalue weighted by Crippen LogP contribution is -1.98. The minimum atomic E-state index is 0.594. The first-order valence-electron chi connectivity index (χ1n) is 15.9. The number of nitriles is 2. The van der Waals surface area contributed by atoms with Crippen molar-refractivity contribution < 1.29 is 0 Å². The van der Waals surface area contributed by atoms with Crippen LogP contribution in [0.5, 0.6) is 0 Å². The summed E-state index contributed by atoms with van der Waals surface area (Å²) in [4.78, 5) is 0. The lowest BCUT2D eigenvalue weighted by molar-refractivity contribution is 1.18. The minimum absolute atomic E-state index is 0.594. The van der Waals surface area contributed by atoms with Gasteiger partial charge in [-0.05, 0) is 77.4 Å². The highest BCUT2D eigenvalue weighted by molar-refractivity contribution is 6.12. The first-order chi connectivity index (χ1) is 23.7. The summed E-state index contributed by atoms with van der Waals surface area (Å²) in [5.41, 5.74) is 11.9. The fraction of sp³-hybridized carbons (Fsp3) is 0. The molecule has 0 aliphatic rings. The molecule has 0 aliphatic carbocycles. The van der Waals surface area contributed by atoms with Crippen LogP contribution in [0, 0.1) is 22.7 Å². The van der Waals surface area contributed by atoms with Crippen LogP contribution in [-0.2, 0) is 0 Å². The van der Waals surface area contributed by atoms with Crippen LogP contribution in [0.2, 0.25) is 0 Å². The first-order valence-corrected chi connectivity index (χ1v) is 15.9. The van der Waals surface area contributed by atoms with E-state index in [1.165, 1.54) is 21.8 Å². The summed E-state index contributed by atoms with van der Waals surface area (Å²) in [6.45, 7) is 0.